The van der Waals surface area contributed by atoms with Crippen molar-refractivity contribution in [1.29, 1.82) is 0 Å². The molecule has 0 fully saturated rings. The highest BCUT2D eigenvalue weighted by Crippen LogP contribution is 2.44. The summed E-state index contributed by atoms with van der Waals surface area (Å²) < 4.78 is 10.8. The van der Waals surface area contributed by atoms with Gasteiger partial charge in [-0.25, -0.2) is 9.78 Å². The van der Waals surface area contributed by atoms with E-state index in [1.165, 1.54) is 11.3 Å². The third-order valence-corrected chi connectivity index (χ3v) is 6.73. The largest absolute Gasteiger partial charge is 0.465 e. The van der Waals surface area contributed by atoms with E-state index in [1.807, 2.05) is 41.8 Å². The predicted octanol–water partition coefficient (Wildman–Crippen LogP) is 5.45. The van der Waals surface area contributed by atoms with Crippen LogP contribution in [-0.2, 0) is 19.1 Å². The summed E-state index contributed by atoms with van der Waals surface area (Å²) in [6.45, 7) is 7.54. The van der Waals surface area contributed by atoms with Crippen LogP contribution in [0.25, 0.3) is 21.8 Å². The van der Waals surface area contributed by atoms with Crippen LogP contribution in [-0.4, -0.2) is 40.8 Å². The lowest BCUT2D eigenvalue weighted by Gasteiger charge is -2.32. The standard InChI is InChI=1S/C27H27N3O4S/c1-5-33-26(31)22-16(3)29-17(4)23(27(32)34-6-2)24(22)19-11-7-8-12-20(19)25-30-21(15-35-25)18-10-9-13-28-14-18/h7-15,22,24H,5-6H2,1-4H3. The van der Waals surface area contributed by atoms with Crippen LogP contribution < -0.4 is 0 Å². The van der Waals surface area contributed by atoms with Crippen molar-refractivity contribution in [2.45, 2.75) is 33.6 Å². The van der Waals surface area contributed by atoms with Gasteiger partial charge >= 0.3 is 11.9 Å². The van der Waals surface area contributed by atoms with Crippen LogP contribution in [0, 0.1) is 5.92 Å². The molecule has 0 spiro atoms. The smallest absolute Gasteiger partial charge is 0.336 e. The summed E-state index contributed by atoms with van der Waals surface area (Å²) in [4.78, 5) is 39.9. The van der Waals surface area contributed by atoms with E-state index in [2.05, 4.69) is 9.98 Å². The van der Waals surface area contributed by atoms with E-state index >= 15 is 0 Å². The Hall–Kier alpha value is -3.65. The summed E-state index contributed by atoms with van der Waals surface area (Å²) in [5.74, 6) is -2.27. The third-order valence-electron chi connectivity index (χ3n) is 5.85. The highest BCUT2D eigenvalue weighted by Gasteiger charge is 2.43. The molecule has 2 atom stereocenters. The molecule has 3 aromatic rings. The quantitative estimate of drug-likeness (QED) is 0.410. The van der Waals surface area contributed by atoms with Gasteiger partial charge in [0, 0.05) is 46.2 Å². The summed E-state index contributed by atoms with van der Waals surface area (Å²) in [7, 11) is 0. The van der Waals surface area contributed by atoms with E-state index < -0.39 is 23.8 Å². The molecule has 0 aliphatic carbocycles. The molecule has 180 valence electrons. The van der Waals surface area contributed by atoms with Gasteiger partial charge < -0.3 is 9.47 Å². The summed E-state index contributed by atoms with van der Waals surface area (Å²) in [6.07, 6.45) is 3.49. The molecule has 0 saturated carbocycles. The normalized spacial score (nSPS) is 17.7. The zero-order chi connectivity index (χ0) is 24.9. The van der Waals surface area contributed by atoms with Crippen LogP contribution in [0.15, 0.2) is 70.4 Å². The lowest BCUT2D eigenvalue weighted by atomic mass is 9.74. The Morgan fingerprint density at radius 3 is 2.51 bits per heavy atom. The third kappa shape index (κ3) is 4.93. The maximum Gasteiger partial charge on any atom is 0.336 e. The maximum absolute atomic E-state index is 13.2. The second kappa shape index (κ2) is 10.7. The number of hydrogen-bond acceptors (Lipinski definition) is 8. The van der Waals surface area contributed by atoms with Gasteiger partial charge in [0.05, 0.1) is 24.5 Å². The fraction of sp³-hybridized carbons (Fsp3) is 0.296. The maximum atomic E-state index is 13.2. The first-order chi connectivity index (χ1) is 17.0. The molecule has 4 rings (SSSR count). The van der Waals surface area contributed by atoms with Gasteiger partial charge in [-0.1, -0.05) is 24.3 Å². The summed E-state index contributed by atoms with van der Waals surface area (Å²) in [6, 6.07) is 11.5. The number of allylic oxidation sites excluding steroid dienone is 1. The molecular weight excluding hydrogens is 462 g/mol. The molecule has 2 unspecified atom stereocenters. The van der Waals surface area contributed by atoms with E-state index in [4.69, 9.17) is 14.5 Å². The molecule has 3 heterocycles. The molecule has 0 radical (unpaired) electrons. The Morgan fingerprint density at radius 2 is 1.80 bits per heavy atom. The average Bonchev–Trinajstić information content (AvgIpc) is 3.34. The summed E-state index contributed by atoms with van der Waals surface area (Å²) in [5, 5.41) is 2.76. The SMILES string of the molecule is CCOC(=O)C1=C(C)N=C(C)C(C(=O)OCC)C1c1ccccc1-c1nc(-c2cccnc2)cs1. The van der Waals surface area contributed by atoms with Crippen molar-refractivity contribution >= 4 is 29.0 Å². The first-order valence-electron chi connectivity index (χ1n) is 11.5. The highest BCUT2D eigenvalue weighted by atomic mass is 32.1. The minimum Gasteiger partial charge on any atom is -0.465 e. The van der Waals surface area contributed by atoms with Crippen LogP contribution in [0.2, 0.25) is 0 Å². The number of ether oxygens (including phenoxy) is 2. The molecule has 1 aliphatic heterocycles. The van der Waals surface area contributed by atoms with Crippen molar-refractivity contribution in [2.24, 2.45) is 10.9 Å². The fourth-order valence-corrected chi connectivity index (χ4v) is 5.27. The Morgan fingerprint density at radius 1 is 1.03 bits per heavy atom. The molecule has 8 heteroatoms. The summed E-state index contributed by atoms with van der Waals surface area (Å²) in [5.41, 5.74) is 4.88. The number of esters is 2. The lowest BCUT2D eigenvalue weighted by Crippen LogP contribution is -2.36. The zero-order valence-corrected chi connectivity index (χ0v) is 21.0. The van der Waals surface area contributed by atoms with Crippen LogP contribution >= 0.6 is 11.3 Å². The molecule has 2 aromatic heterocycles. The van der Waals surface area contributed by atoms with Gasteiger partial charge in [0.2, 0.25) is 0 Å². The van der Waals surface area contributed by atoms with E-state index in [0.717, 1.165) is 27.4 Å². The second-order valence-electron chi connectivity index (χ2n) is 8.05. The van der Waals surface area contributed by atoms with Gasteiger partial charge in [-0.05, 0) is 45.4 Å². The fourth-order valence-electron chi connectivity index (χ4n) is 4.39. The van der Waals surface area contributed by atoms with Gasteiger partial charge in [0.15, 0.2) is 0 Å². The van der Waals surface area contributed by atoms with Gasteiger partial charge in [-0.3, -0.25) is 14.8 Å². The number of carbonyl (C=O) groups is 2. The minimum absolute atomic E-state index is 0.220. The van der Waals surface area contributed by atoms with Gasteiger partial charge in [-0.2, -0.15) is 0 Å². The molecular formula is C27H27N3O4S. The van der Waals surface area contributed by atoms with Gasteiger partial charge in [-0.15, -0.1) is 11.3 Å². The Balaban J connectivity index is 1.88. The predicted molar refractivity (Wildman–Crippen MR) is 136 cm³/mol. The second-order valence-corrected chi connectivity index (χ2v) is 8.91. The number of hydrogen-bond donors (Lipinski definition) is 0. The van der Waals surface area contributed by atoms with Crippen LogP contribution in [0.5, 0.6) is 0 Å². The molecule has 1 aliphatic rings. The van der Waals surface area contributed by atoms with Crippen molar-refractivity contribution < 1.29 is 19.1 Å². The molecule has 0 amide bonds. The Bertz CT molecular complexity index is 1300. The first-order valence-corrected chi connectivity index (χ1v) is 12.4. The van der Waals surface area contributed by atoms with Crippen molar-refractivity contribution in [1.82, 2.24) is 9.97 Å². The molecule has 7 nitrogen and oxygen atoms in total. The van der Waals surface area contributed by atoms with E-state index in [1.54, 1.807) is 40.1 Å². The van der Waals surface area contributed by atoms with Crippen molar-refractivity contribution in [3.8, 4) is 21.8 Å². The van der Waals surface area contributed by atoms with Crippen molar-refractivity contribution in [2.75, 3.05) is 13.2 Å². The zero-order valence-electron chi connectivity index (χ0n) is 20.1. The number of rotatable bonds is 7. The number of nitrogens with zero attached hydrogens (tertiary/aromatic N) is 3. The number of benzene rings is 1. The molecule has 0 N–H and O–H groups in total. The first kappa shape index (κ1) is 24.5. The molecule has 1 aromatic carbocycles. The molecule has 0 bridgehead atoms. The lowest BCUT2D eigenvalue weighted by molar-refractivity contribution is -0.146. The number of pyridine rings is 1. The van der Waals surface area contributed by atoms with Crippen LogP contribution in [0.3, 0.4) is 0 Å². The Kier molecular flexibility index (Phi) is 7.51. The molecule has 0 saturated heterocycles. The minimum atomic E-state index is -0.753. The van der Waals surface area contributed by atoms with E-state index in [-0.39, 0.29) is 13.2 Å². The van der Waals surface area contributed by atoms with Crippen molar-refractivity contribution in [3.05, 3.63) is 71.0 Å². The molecule has 35 heavy (non-hydrogen) atoms. The number of aromatic nitrogens is 2. The van der Waals surface area contributed by atoms with Crippen LogP contribution in [0.1, 0.15) is 39.2 Å². The van der Waals surface area contributed by atoms with Crippen LogP contribution in [0.4, 0.5) is 0 Å². The van der Waals surface area contributed by atoms with E-state index in [9.17, 15) is 9.59 Å². The van der Waals surface area contributed by atoms with E-state index in [0.29, 0.717) is 17.0 Å². The van der Waals surface area contributed by atoms with Crippen molar-refractivity contribution in [3.63, 3.8) is 0 Å². The average molecular weight is 490 g/mol. The highest BCUT2D eigenvalue weighted by molar-refractivity contribution is 7.13. The Labute approximate surface area is 208 Å². The summed E-state index contributed by atoms with van der Waals surface area (Å²) >= 11 is 1.50. The number of thiazole rings is 1. The van der Waals surface area contributed by atoms with Gasteiger partial charge in [0.1, 0.15) is 10.9 Å². The topological polar surface area (TPSA) is 90.7 Å². The van der Waals surface area contributed by atoms with Gasteiger partial charge in [0.25, 0.3) is 0 Å². The monoisotopic (exact) mass is 489 g/mol. The number of aliphatic imine (C=N–C) groups is 1. The number of carbonyl (C=O) groups excluding carboxylic acids is 2.